The van der Waals surface area contributed by atoms with Crippen LogP contribution in [-0.2, 0) is 14.3 Å². The molecule has 7 nitrogen and oxygen atoms in total. The number of cyclic esters (lactones) is 1. The topological polar surface area (TPSA) is 87.7 Å². The number of ether oxygens (including phenoxy) is 1. The third-order valence-corrected chi connectivity index (χ3v) is 5.44. The Morgan fingerprint density at radius 1 is 1.22 bits per heavy atom. The number of imide groups is 1. The van der Waals surface area contributed by atoms with Crippen molar-refractivity contribution < 1.29 is 19.1 Å². The predicted molar refractivity (Wildman–Crippen MR) is 97.4 cm³/mol. The monoisotopic (exact) mass is 369 g/mol. The lowest BCUT2D eigenvalue weighted by molar-refractivity contribution is -0.136. The number of carbonyl (C=O) groups excluding carboxylic acids is 3. The molecule has 1 aromatic carbocycles. The van der Waals surface area contributed by atoms with Crippen LogP contribution in [0.25, 0.3) is 0 Å². The first-order chi connectivity index (χ1) is 12.9. The van der Waals surface area contributed by atoms with Crippen molar-refractivity contribution in [2.45, 2.75) is 32.9 Å². The molecule has 3 atom stereocenters. The number of hydrogen-bond acceptors (Lipinski definition) is 5. The quantitative estimate of drug-likeness (QED) is 0.791. The summed E-state index contributed by atoms with van der Waals surface area (Å²) in [5.74, 6) is -1.58. The van der Waals surface area contributed by atoms with E-state index in [1.807, 2.05) is 45.0 Å². The van der Waals surface area contributed by atoms with E-state index < -0.39 is 30.0 Å². The Labute approximate surface area is 157 Å². The summed E-state index contributed by atoms with van der Waals surface area (Å²) >= 11 is 0. The number of nitrogens with zero attached hydrogens (tertiary/aromatic N) is 1. The summed E-state index contributed by atoms with van der Waals surface area (Å²) in [6.45, 7) is 6.65. The lowest BCUT2D eigenvalue weighted by Crippen LogP contribution is -2.68. The van der Waals surface area contributed by atoms with Gasteiger partial charge in [-0.15, -0.1) is 0 Å². The first-order valence-electron chi connectivity index (χ1n) is 9.22. The first-order valence-corrected chi connectivity index (χ1v) is 9.22. The fraction of sp³-hybridized carbons (Fsp3) is 0.450. The van der Waals surface area contributed by atoms with Crippen molar-refractivity contribution in [3.05, 3.63) is 46.7 Å². The van der Waals surface area contributed by atoms with Crippen molar-refractivity contribution in [3.63, 3.8) is 0 Å². The number of aryl methyl sites for hydroxylation is 1. The van der Waals surface area contributed by atoms with Gasteiger partial charge in [0.2, 0.25) is 5.91 Å². The Bertz CT molecular complexity index is 861. The summed E-state index contributed by atoms with van der Waals surface area (Å²) in [4.78, 5) is 39.5. The summed E-state index contributed by atoms with van der Waals surface area (Å²) in [7, 11) is 0. The summed E-state index contributed by atoms with van der Waals surface area (Å²) in [6, 6.07) is 7.33. The number of esters is 1. The highest BCUT2D eigenvalue weighted by atomic mass is 16.5. The lowest BCUT2D eigenvalue weighted by Gasteiger charge is -2.47. The number of hydrogen-bond donors (Lipinski definition) is 2. The van der Waals surface area contributed by atoms with Gasteiger partial charge in [0.15, 0.2) is 0 Å². The zero-order chi connectivity index (χ0) is 19.3. The molecule has 3 heterocycles. The Hall–Kier alpha value is -2.83. The van der Waals surface area contributed by atoms with Gasteiger partial charge >= 0.3 is 12.0 Å². The average Bonchev–Trinajstić information content (AvgIpc) is 2.98. The first kappa shape index (κ1) is 17.6. The van der Waals surface area contributed by atoms with E-state index in [1.165, 1.54) is 0 Å². The Morgan fingerprint density at radius 2 is 1.96 bits per heavy atom. The minimum absolute atomic E-state index is 0.144. The Kier molecular flexibility index (Phi) is 4.17. The van der Waals surface area contributed by atoms with Gasteiger partial charge in [-0.1, -0.05) is 38.1 Å². The molecule has 0 aliphatic carbocycles. The van der Waals surface area contributed by atoms with Gasteiger partial charge < -0.3 is 15.0 Å². The van der Waals surface area contributed by atoms with Gasteiger partial charge in [0.1, 0.15) is 12.8 Å². The number of nitrogens with one attached hydrogen (secondary N) is 2. The van der Waals surface area contributed by atoms with Crippen molar-refractivity contribution >= 4 is 17.9 Å². The van der Waals surface area contributed by atoms with Gasteiger partial charge in [-0.3, -0.25) is 10.1 Å². The molecule has 3 unspecified atom stereocenters. The van der Waals surface area contributed by atoms with Gasteiger partial charge in [0, 0.05) is 12.5 Å². The van der Waals surface area contributed by atoms with Gasteiger partial charge in [0.05, 0.1) is 17.2 Å². The van der Waals surface area contributed by atoms with Gasteiger partial charge in [-0.05, 0) is 24.0 Å². The second-order valence-electron chi connectivity index (χ2n) is 7.76. The summed E-state index contributed by atoms with van der Waals surface area (Å²) in [6.07, 6.45) is -0.508. The van der Waals surface area contributed by atoms with E-state index in [9.17, 15) is 14.4 Å². The van der Waals surface area contributed by atoms with E-state index in [0.29, 0.717) is 17.8 Å². The Balaban J connectivity index is 1.86. The predicted octanol–water partition coefficient (Wildman–Crippen LogP) is 1.64. The van der Waals surface area contributed by atoms with Gasteiger partial charge in [0.25, 0.3) is 0 Å². The van der Waals surface area contributed by atoms with E-state index in [0.717, 1.165) is 11.1 Å². The standard InChI is InChI=1S/C20H23N3O4/c1-10(2)8-23-17-16(18(24)22-20(23)26)14(12-7-5-4-6-11(12)3)15-13(21-17)9-27-19(15)25/h4-7,10,14,16-17,21H,8-9H2,1-3H3,(H,22,24,26). The summed E-state index contributed by atoms with van der Waals surface area (Å²) < 4.78 is 5.27. The lowest BCUT2D eigenvalue weighted by atomic mass is 9.73. The Morgan fingerprint density at radius 3 is 2.67 bits per heavy atom. The van der Waals surface area contributed by atoms with Gasteiger partial charge in [-0.2, -0.15) is 0 Å². The molecule has 4 rings (SSSR count). The molecule has 3 amide bonds. The minimum atomic E-state index is -0.605. The van der Waals surface area contributed by atoms with Crippen LogP contribution in [0.15, 0.2) is 35.5 Å². The third-order valence-electron chi connectivity index (χ3n) is 5.44. The fourth-order valence-corrected chi connectivity index (χ4v) is 4.31. The number of amides is 3. The van der Waals surface area contributed by atoms with Crippen molar-refractivity contribution in [2.24, 2.45) is 11.8 Å². The van der Waals surface area contributed by atoms with E-state index in [2.05, 4.69) is 10.6 Å². The van der Waals surface area contributed by atoms with Crippen molar-refractivity contribution in [1.82, 2.24) is 15.5 Å². The van der Waals surface area contributed by atoms with Crippen LogP contribution < -0.4 is 10.6 Å². The maximum Gasteiger partial charge on any atom is 0.336 e. The molecule has 1 saturated heterocycles. The van der Waals surface area contributed by atoms with Crippen LogP contribution in [-0.4, -0.2) is 42.1 Å². The van der Waals surface area contributed by atoms with Gasteiger partial charge in [-0.25, -0.2) is 9.59 Å². The molecule has 3 aliphatic rings. The molecular formula is C20H23N3O4. The summed E-state index contributed by atoms with van der Waals surface area (Å²) in [5, 5.41) is 5.74. The van der Waals surface area contributed by atoms with Crippen molar-refractivity contribution in [1.29, 1.82) is 0 Å². The smallest absolute Gasteiger partial charge is 0.336 e. The van der Waals surface area contributed by atoms with Crippen LogP contribution in [0.5, 0.6) is 0 Å². The molecule has 1 aromatic rings. The molecular weight excluding hydrogens is 346 g/mol. The summed E-state index contributed by atoms with van der Waals surface area (Å²) in [5.41, 5.74) is 3.08. The fourth-order valence-electron chi connectivity index (χ4n) is 4.31. The van der Waals surface area contributed by atoms with Crippen molar-refractivity contribution in [3.8, 4) is 0 Å². The second-order valence-corrected chi connectivity index (χ2v) is 7.76. The molecule has 0 bridgehead atoms. The van der Waals surface area contributed by atoms with E-state index in [1.54, 1.807) is 4.90 Å². The molecule has 1 fully saturated rings. The third kappa shape index (κ3) is 2.78. The number of rotatable bonds is 3. The number of urea groups is 1. The highest BCUT2D eigenvalue weighted by Crippen LogP contribution is 2.44. The zero-order valence-electron chi connectivity index (χ0n) is 15.6. The molecule has 0 spiro atoms. The van der Waals surface area contributed by atoms with Crippen molar-refractivity contribution in [2.75, 3.05) is 13.2 Å². The molecule has 0 saturated carbocycles. The van der Waals surface area contributed by atoms with Crippen LogP contribution in [0.3, 0.4) is 0 Å². The number of fused-ring (bicyclic) bond motifs is 1. The van der Waals surface area contributed by atoms with Crippen LogP contribution in [0.1, 0.15) is 30.9 Å². The normalized spacial score (nSPS) is 27.2. The zero-order valence-corrected chi connectivity index (χ0v) is 15.6. The van der Waals surface area contributed by atoms with E-state index >= 15 is 0 Å². The molecule has 2 N–H and O–H groups in total. The van der Waals surface area contributed by atoms with Crippen LogP contribution in [0.2, 0.25) is 0 Å². The molecule has 7 heteroatoms. The number of carbonyl (C=O) groups is 3. The van der Waals surface area contributed by atoms with Crippen LogP contribution in [0, 0.1) is 18.8 Å². The molecule has 0 aromatic heterocycles. The highest BCUT2D eigenvalue weighted by Gasteiger charge is 2.53. The SMILES string of the molecule is Cc1ccccc1C1C2=C(COC2=O)NC2C1C(=O)NC(=O)N2CC(C)C. The number of benzene rings is 1. The molecule has 27 heavy (non-hydrogen) atoms. The highest BCUT2D eigenvalue weighted by molar-refractivity contribution is 6.02. The van der Waals surface area contributed by atoms with Crippen LogP contribution >= 0.6 is 0 Å². The largest absolute Gasteiger partial charge is 0.456 e. The maximum atomic E-state index is 12.9. The second kappa shape index (κ2) is 6.40. The maximum absolute atomic E-state index is 12.9. The molecule has 3 aliphatic heterocycles. The van der Waals surface area contributed by atoms with Crippen LogP contribution in [0.4, 0.5) is 4.79 Å². The van der Waals surface area contributed by atoms with E-state index in [4.69, 9.17) is 4.74 Å². The molecule has 0 radical (unpaired) electrons. The minimum Gasteiger partial charge on any atom is -0.456 e. The van der Waals surface area contributed by atoms with E-state index in [-0.39, 0.29) is 18.4 Å². The molecule has 142 valence electrons. The average molecular weight is 369 g/mol.